The molecule has 0 heterocycles. The highest BCUT2D eigenvalue weighted by Crippen LogP contribution is 2.80. The van der Waals surface area contributed by atoms with E-state index in [1.54, 1.807) is 10.9 Å². The van der Waals surface area contributed by atoms with Crippen LogP contribution in [-0.4, -0.2) is 17.0 Å². The predicted molar refractivity (Wildman–Crippen MR) is 180 cm³/mol. The van der Waals surface area contributed by atoms with Gasteiger partial charge in [0.1, 0.15) is 0 Å². The number of aryl methyl sites for hydroxylation is 1. The molecule has 3 aromatic carbocycles. The van der Waals surface area contributed by atoms with E-state index < -0.39 is 0 Å². The van der Waals surface area contributed by atoms with Crippen LogP contribution < -0.4 is 5.30 Å². The first kappa shape index (κ1) is 28.1. The van der Waals surface area contributed by atoms with Gasteiger partial charge in [0.25, 0.3) is 0 Å². The molecular formula is C38H46P2. The van der Waals surface area contributed by atoms with E-state index in [4.69, 9.17) is 0 Å². The average Bonchev–Trinajstić information content (AvgIpc) is 3.02. The fraction of sp³-hybridized carbons (Fsp3) is 0.421. The summed E-state index contributed by atoms with van der Waals surface area (Å²) in [6.45, 7) is 4.73. The Hall–Kier alpha value is -2.00. The van der Waals surface area contributed by atoms with E-state index in [0.29, 0.717) is 5.66 Å². The van der Waals surface area contributed by atoms with Crippen molar-refractivity contribution >= 4 is 26.1 Å². The molecule has 6 rings (SSSR count). The molecule has 2 fully saturated rings. The van der Waals surface area contributed by atoms with Crippen molar-refractivity contribution < 1.29 is 0 Å². The van der Waals surface area contributed by atoms with Gasteiger partial charge in [0.2, 0.25) is 0 Å². The summed E-state index contributed by atoms with van der Waals surface area (Å²) in [6, 6.07) is 30.2. The van der Waals surface area contributed by atoms with E-state index in [-0.39, 0.29) is 15.2 Å². The lowest BCUT2D eigenvalue weighted by Gasteiger charge is -2.47. The molecule has 1 unspecified atom stereocenters. The van der Waals surface area contributed by atoms with Gasteiger partial charge in [-0.2, -0.15) is 0 Å². The lowest BCUT2D eigenvalue weighted by Crippen LogP contribution is -2.26. The average molecular weight is 565 g/mol. The summed E-state index contributed by atoms with van der Waals surface area (Å²) >= 11 is 0. The SMILES string of the molecule is CC1=C(c2ccccc2C)C([P@@](C2CCCCC2)[P@@](c2ccc(-c3ccccc3)cc2)C2CCCCC2)CC=C1. The third-order valence-corrected chi connectivity index (χ3v) is 19.5. The van der Waals surface area contributed by atoms with Crippen LogP contribution in [0.4, 0.5) is 0 Å². The molecule has 3 aliphatic rings. The third-order valence-electron chi connectivity index (χ3n) is 9.60. The fourth-order valence-electron chi connectivity index (χ4n) is 7.57. The van der Waals surface area contributed by atoms with Crippen LogP contribution in [-0.2, 0) is 0 Å². The summed E-state index contributed by atoms with van der Waals surface area (Å²) in [6.07, 6.45) is 20.6. The van der Waals surface area contributed by atoms with Crippen LogP contribution in [0.15, 0.2) is 96.6 Å². The molecule has 2 heteroatoms. The number of hydrogen-bond donors (Lipinski definition) is 0. The van der Waals surface area contributed by atoms with Crippen molar-refractivity contribution in [1.82, 2.24) is 0 Å². The molecule has 3 aromatic rings. The second kappa shape index (κ2) is 13.3. The molecule has 0 saturated heterocycles. The van der Waals surface area contributed by atoms with Gasteiger partial charge in [-0.05, 0) is 104 Å². The van der Waals surface area contributed by atoms with Gasteiger partial charge in [0, 0.05) is 5.66 Å². The van der Waals surface area contributed by atoms with E-state index in [1.807, 2.05) is 0 Å². The van der Waals surface area contributed by atoms with E-state index in [1.165, 1.54) is 98.5 Å². The third kappa shape index (κ3) is 6.10. The number of rotatable bonds is 7. The highest BCUT2D eigenvalue weighted by Gasteiger charge is 2.42. The maximum atomic E-state index is 2.57. The van der Waals surface area contributed by atoms with Gasteiger partial charge in [-0.3, -0.25) is 0 Å². The van der Waals surface area contributed by atoms with Crippen molar-refractivity contribution in [3.05, 3.63) is 108 Å². The van der Waals surface area contributed by atoms with Gasteiger partial charge in [-0.1, -0.05) is 137 Å². The van der Waals surface area contributed by atoms with Crippen molar-refractivity contribution in [3.8, 4) is 11.1 Å². The Kier molecular flexibility index (Phi) is 9.37. The first-order valence-electron chi connectivity index (χ1n) is 15.9. The minimum atomic E-state index is -0.213. The Balaban J connectivity index is 1.46. The highest BCUT2D eigenvalue weighted by atomic mass is 32.1. The summed E-state index contributed by atoms with van der Waals surface area (Å²) in [5, 5.41) is 1.70. The number of hydrogen-bond acceptors (Lipinski definition) is 0. The Bertz CT molecular complexity index is 1310. The smallest absolute Gasteiger partial charge is 0.0129 e. The van der Waals surface area contributed by atoms with Crippen molar-refractivity contribution in [2.45, 2.75) is 101 Å². The van der Waals surface area contributed by atoms with Gasteiger partial charge >= 0.3 is 0 Å². The van der Waals surface area contributed by atoms with Crippen LogP contribution in [0.1, 0.15) is 88.7 Å². The number of benzene rings is 3. The summed E-state index contributed by atoms with van der Waals surface area (Å²) < 4.78 is 0. The maximum absolute atomic E-state index is 2.57. The van der Waals surface area contributed by atoms with Crippen LogP contribution in [0.3, 0.4) is 0 Å². The van der Waals surface area contributed by atoms with E-state index >= 15 is 0 Å². The zero-order valence-corrected chi connectivity index (χ0v) is 26.4. The first-order chi connectivity index (χ1) is 19.7. The molecule has 0 spiro atoms. The molecule has 0 aliphatic heterocycles. The second-order valence-corrected chi connectivity index (χ2v) is 19.0. The first-order valence-corrected chi connectivity index (χ1v) is 19.5. The van der Waals surface area contributed by atoms with Crippen molar-refractivity contribution in [1.29, 1.82) is 0 Å². The van der Waals surface area contributed by atoms with Crippen molar-refractivity contribution in [3.63, 3.8) is 0 Å². The molecule has 0 amide bonds. The monoisotopic (exact) mass is 564 g/mol. The minimum absolute atomic E-state index is 0.170. The molecular weight excluding hydrogens is 518 g/mol. The Morgan fingerprint density at radius 1 is 0.600 bits per heavy atom. The summed E-state index contributed by atoms with van der Waals surface area (Å²) in [7, 11) is -0.383. The van der Waals surface area contributed by atoms with Crippen molar-refractivity contribution in [2.75, 3.05) is 0 Å². The van der Waals surface area contributed by atoms with Gasteiger partial charge in [0.15, 0.2) is 0 Å². The Labute approximate surface area is 245 Å². The molecule has 3 aliphatic carbocycles. The van der Waals surface area contributed by atoms with Crippen LogP contribution in [0.2, 0.25) is 0 Å². The standard InChI is InChI=1S/C38H46P2/c1-29-15-12-13-23-36(29)38-30(2)16-14-24-37(38)40(34-21-10-5-11-22-34)39(33-19-8-4-9-20-33)35-27-25-32(26-28-35)31-17-6-3-7-18-31/h3,6-7,12-18,23,25-28,33-34,37H,4-5,8-11,19-22,24H2,1-2H3/t37?,39-,40-/m1/s1. The fourth-order valence-corrected chi connectivity index (χ4v) is 19.3. The van der Waals surface area contributed by atoms with Crippen LogP contribution in [0, 0.1) is 6.92 Å². The summed E-state index contributed by atoms with van der Waals surface area (Å²) in [5.41, 5.74) is 11.4. The van der Waals surface area contributed by atoms with E-state index in [2.05, 4.69) is 105 Å². The summed E-state index contributed by atoms with van der Waals surface area (Å²) in [4.78, 5) is 0. The molecule has 40 heavy (non-hydrogen) atoms. The minimum Gasteiger partial charge on any atom is -0.0833 e. The Morgan fingerprint density at radius 2 is 1.20 bits per heavy atom. The molecule has 3 atom stereocenters. The van der Waals surface area contributed by atoms with Gasteiger partial charge < -0.3 is 0 Å². The zero-order valence-electron chi connectivity index (χ0n) is 24.6. The second-order valence-electron chi connectivity index (χ2n) is 12.3. The van der Waals surface area contributed by atoms with Crippen LogP contribution in [0.25, 0.3) is 16.7 Å². The molecule has 208 valence electrons. The van der Waals surface area contributed by atoms with Crippen LogP contribution >= 0.6 is 15.2 Å². The molecule has 0 N–H and O–H groups in total. The zero-order chi connectivity index (χ0) is 27.3. The quantitative estimate of drug-likeness (QED) is 0.250. The lowest BCUT2D eigenvalue weighted by molar-refractivity contribution is 0.508. The largest absolute Gasteiger partial charge is 0.0833 e. The molecule has 2 saturated carbocycles. The maximum Gasteiger partial charge on any atom is 0.0129 e. The predicted octanol–water partition coefficient (Wildman–Crippen LogP) is 11.6. The van der Waals surface area contributed by atoms with Gasteiger partial charge in [0.05, 0.1) is 0 Å². The van der Waals surface area contributed by atoms with Crippen molar-refractivity contribution in [2.24, 2.45) is 0 Å². The van der Waals surface area contributed by atoms with Gasteiger partial charge in [-0.15, -0.1) is 0 Å². The Morgan fingerprint density at radius 3 is 1.88 bits per heavy atom. The normalized spacial score (nSPS) is 22.3. The number of allylic oxidation sites excluding steroid dienone is 4. The molecule has 0 aromatic heterocycles. The topological polar surface area (TPSA) is 0 Å². The molecule has 0 radical (unpaired) electrons. The van der Waals surface area contributed by atoms with Crippen LogP contribution in [0.5, 0.6) is 0 Å². The summed E-state index contributed by atoms with van der Waals surface area (Å²) in [5.74, 6) is 0. The molecule has 0 bridgehead atoms. The van der Waals surface area contributed by atoms with E-state index in [0.717, 1.165) is 11.3 Å². The lowest BCUT2D eigenvalue weighted by atomic mass is 9.89. The molecule has 0 nitrogen and oxygen atoms in total. The van der Waals surface area contributed by atoms with Gasteiger partial charge in [-0.25, -0.2) is 0 Å². The highest BCUT2D eigenvalue weighted by molar-refractivity contribution is 8.33. The van der Waals surface area contributed by atoms with E-state index in [9.17, 15) is 0 Å².